The summed E-state index contributed by atoms with van der Waals surface area (Å²) in [5.41, 5.74) is -0.484. The summed E-state index contributed by atoms with van der Waals surface area (Å²) in [6.45, 7) is 1.68. The minimum Gasteiger partial charge on any atom is -0.342 e. The van der Waals surface area contributed by atoms with Crippen LogP contribution >= 0.6 is 22.9 Å². The number of nitrogens with one attached hydrogen (secondary N) is 2. The van der Waals surface area contributed by atoms with Crippen LogP contribution in [0.15, 0.2) is 36.9 Å². The lowest BCUT2D eigenvalue weighted by molar-refractivity contribution is -0.137. The first-order valence-electron chi connectivity index (χ1n) is 9.62. The van der Waals surface area contributed by atoms with Gasteiger partial charge in [0.15, 0.2) is 5.65 Å². The molecule has 14 heteroatoms. The second kappa shape index (κ2) is 8.99. The number of alkyl halides is 3. The largest absolute Gasteiger partial charge is 0.417 e. The zero-order valence-electron chi connectivity index (χ0n) is 17.5. The van der Waals surface area contributed by atoms with E-state index in [2.05, 4.69) is 30.7 Å². The Morgan fingerprint density at radius 1 is 1.15 bits per heavy atom. The van der Waals surface area contributed by atoms with E-state index in [0.29, 0.717) is 16.0 Å². The number of aromatic nitrogens is 5. The Kier molecular flexibility index (Phi) is 6.23. The van der Waals surface area contributed by atoms with E-state index >= 15 is 0 Å². The summed E-state index contributed by atoms with van der Waals surface area (Å²) in [7, 11) is 1.69. The zero-order valence-corrected chi connectivity index (χ0v) is 19.1. The van der Waals surface area contributed by atoms with Crippen molar-refractivity contribution in [2.45, 2.75) is 19.1 Å². The first-order valence-corrected chi connectivity index (χ1v) is 10.8. The second-order valence-corrected chi connectivity index (χ2v) is 8.60. The second-order valence-electron chi connectivity index (χ2n) is 7.13. The highest BCUT2D eigenvalue weighted by atomic mass is 35.5. The van der Waals surface area contributed by atoms with Gasteiger partial charge in [-0.05, 0) is 25.1 Å². The van der Waals surface area contributed by atoms with Gasteiger partial charge >= 0.3 is 6.18 Å². The Balaban J connectivity index is 1.46. The highest BCUT2D eigenvalue weighted by Gasteiger charge is 2.33. The van der Waals surface area contributed by atoms with Crippen LogP contribution in [0.25, 0.3) is 11.0 Å². The number of carbonyl (C=O) groups excluding carboxylic acids is 2. The SMILES string of the molecule is C[C@@H](NC(=O)c1ncnc2c1cnn2C)c1ncc(C(=O)Nc2ccc(Cl)c(C(F)(F)F)c2)s1. The molecule has 176 valence electrons. The molecule has 0 fully saturated rings. The molecule has 3 aromatic heterocycles. The lowest BCUT2D eigenvalue weighted by Crippen LogP contribution is -2.27. The monoisotopic (exact) mass is 509 g/mol. The minimum atomic E-state index is -4.66. The molecule has 2 N–H and O–H groups in total. The van der Waals surface area contributed by atoms with E-state index < -0.39 is 34.6 Å². The van der Waals surface area contributed by atoms with Gasteiger partial charge in [-0.15, -0.1) is 11.3 Å². The molecule has 0 aliphatic rings. The smallest absolute Gasteiger partial charge is 0.342 e. The van der Waals surface area contributed by atoms with Crippen LogP contribution in [0, 0.1) is 0 Å². The van der Waals surface area contributed by atoms with Gasteiger partial charge in [0, 0.05) is 12.7 Å². The fraction of sp³-hybridized carbons (Fsp3) is 0.200. The number of hydrogen-bond acceptors (Lipinski definition) is 7. The molecule has 1 atom stereocenters. The Morgan fingerprint density at radius 2 is 1.91 bits per heavy atom. The number of benzene rings is 1. The van der Waals surface area contributed by atoms with Crippen molar-refractivity contribution in [3.8, 4) is 0 Å². The first-order chi connectivity index (χ1) is 16.0. The number of hydrogen-bond donors (Lipinski definition) is 2. The van der Waals surface area contributed by atoms with Crippen LogP contribution in [0.1, 0.15) is 43.7 Å². The van der Waals surface area contributed by atoms with Crippen LogP contribution in [0.2, 0.25) is 5.02 Å². The number of nitrogens with zero attached hydrogens (tertiary/aromatic N) is 5. The molecule has 34 heavy (non-hydrogen) atoms. The molecule has 4 aromatic rings. The predicted molar refractivity (Wildman–Crippen MR) is 119 cm³/mol. The van der Waals surface area contributed by atoms with Gasteiger partial charge in [0.05, 0.1) is 34.4 Å². The number of aryl methyl sites for hydroxylation is 1. The number of fused-ring (bicyclic) bond motifs is 1. The Bertz CT molecular complexity index is 1400. The van der Waals surface area contributed by atoms with Crippen molar-refractivity contribution in [3.05, 3.63) is 63.1 Å². The van der Waals surface area contributed by atoms with Gasteiger partial charge < -0.3 is 10.6 Å². The van der Waals surface area contributed by atoms with Gasteiger partial charge in [-0.1, -0.05) is 11.6 Å². The van der Waals surface area contributed by atoms with Gasteiger partial charge in [0.25, 0.3) is 11.8 Å². The molecule has 0 radical (unpaired) electrons. The molecule has 0 saturated carbocycles. The lowest BCUT2D eigenvalue weighted by Gasteiger charge is -2.11. The molecule has 0 aliphatic carbocycles. The fourth-order valence-electron chi connectivity index (χ4n) is 3.08. The average molecular weight is 510 g/mol. The molecule has 9 nitrogen and oxygen atoms in total. The van der Waals surface area contributed by atoms with Gasteiger partial charge in [0.2, 0.25) is 0 Å². The maximum Gasteiger partial charge on any atom is 0.417 e. The van der Waals surface area contributed by atoms with Crippen molar-refractivity contribution >= 4 is 51.5 Å². The minimum absolute atomic E-state index is 0.0673. The van der Waals surface area contributed by atoms with E-state index in [1.165, 1.54) is 29.5 Å². The van der Waals surface area contributed by atoms with Crippen LogP contribution in [-0.4, -0.2) is 36.5 Å². The number of halogens is 4. The van der Waals surface area contributed by atoms with Crippen LogP contribution in [0.4, 0.5) is 18.9 Å². The van der Waals surface area contributed by atoms with Crippen molar-refractivity contribution in [1.82, 2.24) is 30.0 Å². The zero-order chi connectivity index (χ0) is 24.6. The van der Waals surface area contributed by atoms with E-state index in [1.807, 2.05) is 0 Å². The van der Waals surface area contributed by atoms with Crippen LogP contribution < -0.4 is 10.6 Å². The van der Waals surface area contributed by atoms with Crippen molar-refractivity contribution in [2.75, 3.05) is 5.32 Å². The molecule has 2 amide bonds. The summed E-state index contributed by atoms with van der Waals surface area (Å²) in [4.78, 5) is 37.7. The number of anilines is 1. The molecule has 0 aliphatic heterocycles. The topological polar surface area (TPSA) is 115 Å². The number of thiazole rings is 1. The molecule has 0 saturated heterocycles. The number of amides is 2. The van der Waals surface area contributed by atoms with Crippen molar-refractivity contribution < 1.29 is 22.8 Å². The summed E-state index contributed by atoms with van der Waals surface area (Å²) in [6.07, 6.45) is -0.630. The highest BCUT2D eigenvalue weighted by molar-refractivity contribution is 7.13. The third kappa shape index (κ3) is 4.70. The normalized spacial score (nSPS) is 12.5. The molecular weight excluding hydrogens is 495 g/mol. The maximum atomic E-state index is 13.0. The van der Waals surface area contributed by atoms with E-state index in [4.69, 9.17) is 11.6 Å². The summed E-state index contributed by atoms with van der Waals surface area (Å²) in [6, 6.07) is 2.50. The first kappa shape index (κ1) is 23.6. The predicted octanol–water partition coefficient (Wildman–Crippen LogP) is 4.24. The van der Waals surface area contributed by atoms with Crippen LogP contribution in [-0.2, 0) is 13.2 Å². The average Bonchev–Trinajstić information content (AvgIpc) is 3.42. The fourth-order valence-corrected chi connectivity index (χ4v) is 4.12. The van der Waals surface area contributed by atoms with Gasteiger partial charge in [-0.25, -0.2) is 15.0 Å². The van der Waals surface area contributed by atoms with E-state index in [0.717, 1.165) is 23.5 Å². The third-order valence-corrected chi connectivity index (χ3v) is 6.25. The maximum absolute atomic E-state index is 13.0. The molecule has 0 bridgehead atoms. The molecule has 4 rings (SSSR count). The van der Waals surface area contributed by atoms with E-state index in [1.54, 1.807) is 14.0 Å². The highest BCUT2D eigenvalue weighted by Crippen LogP contribution is 2.36. The third-order valence-electron chi connectivity index (χ3n) is 4.74. The van der Waals surface area contributed by atoms with Crippen molar-refractivity contribution in [2.24, 2.45) is 7.05 Å². The van der Waals surface area contributed by atoms with Crippen molar-refractivity contribution in [3.63, 3.8) is 0 Å². The summed E-state index contributed by atoms with van der Waals surface area (Å²) >= 11 is 6.59. The standard InChI is InChI=1S/C20H15ClF3N7O2S/c1-9(29-18(33)15-11-6-28-31(2)16(11)27-8-26-15)19-25-7-14(34-19)17(32)30-10-3-4-13(21)12(5-10)20(22,23)24/h3-9H,1-2H3,(H,29,33)(H,30,32)/t9-/m1/s1. The van der Waals surface area contributed by atoms with Gasteiger partial charge in [-0.3, -0.25) is 14.3 Å². The Labute approximate surface area is 199 Å². The van der Waals surface area contributed by atoms with Gasteiger partial charge in [0.1, 0.15) is 21.9 Å². The number of rotatable bonds is 5. The summed E-state index contributed by atoms with van der Waals surface area (Å²) in [5, 5.41) is 9.65. The molecule has 3 heterocycles. The molecular formula is C20H15ClF3N7O2S. The Hall–Kier alpha value is -3.58. The van der Waals surface area contributed by atoms with Crippen LogP contribution in [0.5, 0.6) is 0 Å². The molecule has 0 unspecified atom stereocenters. The van der Waals surface area contributed by atoms with Gasteiger partial charge in [-0.2, -0.15) is 18.3 Å². The van der Waals surface area contributed by atoms with Crippen LogP contribution in [0.3, 0.4) is 0 Å². The summed E-state index contributed by atoms with van der Waals surface area (Å²) in [5.74, 6) is -1.12. The van der Waals surface area contributed by atoms with E-state index in [9.17, 15) is 22.8 Å². The molecule has 1 aromatic carbocycles. The summed E-state index contributed by atoms with van der Waals surface area (Å²) < 4.78 is 40.6. The Morgan fingerprint density at radius 3 is 2.65 bits per heavy atom. The quantitative estimate of drug-likeness (QED) is 0.416. The molecule has 0 spiro atoms. The van der Waals surface area contributed by atoms with E-state index in [-0.39, 0.29) is 16.3 Å². The van der Waals surface area contributed by atoms with Crippen molar-refractivity contribution in [1.29, 1.82) is 0 Å². The lowest BCUT2D eigenvalue weighted by atomic mass is 10.2. The number of carbonyl (C=O) groups is 2.